The van der Waals surface area contributed by atoms with Gasteiger partial charge in [0.15, 0.2) is 0 Å². The molecule has 3 N–H and O–H groups in total. The number of anilines is 1. The van der Waals surface area contributed by atoms with Gasteiger partial charge >= 0.3 is 6.09 Å². The molecule has 0 saturated heterocycles. The van der Waals surface area contributed by atoms with Gasteiger partial charge in [-0.15, -0.1) is 0 Å². The minimum absolute atomic E-state index is 0.0214. The van der Waals surface area contributed by atoms with Crippen LogP contribution in [0.4, 0.5) is 16.2 Å². The highest BCUT2D eigenvalue weighted by Gasteiger charge is 2.28. The van der Waals surface area contributed by atoms with Crippen molar-refractivity contribution in [3.63, 3.8) is 0 Å². The summed E-state index contributed by atoms with van der Waals surface area (Å²) >= 11 is 0. The number of hydrogen-bond donors (Lipinski definition) is 2. The summed E-state index contributed by atoms with van der Waals surface area (Å²) in [6.45, 7) is 1.92. The maximum absolute atomic E-state index is 12.2. The number of benzene rings is 3. The van der Waals surface area contributed by atoms with E-state index in [0.717, 1.165) is 22.3 Å². The third kappa shape index (κ3) is 4.12. The number of hydrogen-bond acceptors (Lipinski definition) is 5. The maximum Gasteiger partial charge on any atom is 0.407 e. The minimum Gasteiger partial charge on any atom is -0.449 e. The van der Waals surface area contributed by atoms with E-state index in [0.29, 0.717) is 16.8 Å². The average Bonchev–Trinajstić information content (AvgIpc) is 3.11. The number of nitrogens with one attached hydrogen (secondary N) is 1. The number of nitro groups is 1. The van der Waals surface area contributed by atoms with Crippen LogP contribution in [-0.2, 0) is 4.74 Å². The molecule has 1 amide bonds. The minimum atomic E-state index is -0.579. The number of carbonyl (C=O) groups is 1. The Hall–Kier alpha value is -4.31. The number of alkyl carbamates (subject to hydrolysis) is 1. The molecule has 0 unspecified atom stereocenters. The Labute approximate surface area is 185 Å². The molecule has 0 spiro atoms. The van der Waals surface area contributed by atoms with E-state index >= 15 is 0 Å². The van der Waals surface area contributed by atoms with E-state index < -0.39 is 11.0 Å². The van der Waals surface area contributed by atoms with Crippen LogP contribution in [0, 0.1) is 28.9 Å². The van der Waals surface area contributed by atoms with Gasteiger partial charge in [-0.3, -0.25) is 10.1 Å². The van der Waals surface area contributed by atoms with E-state index in [1.807, 2.05) is 24.3 Å². The second-order valence-corrected chi connectivity index (χ2v) is 7.46. The molecule has 0 radical (unpaired) electrons. The first-order chi connectivity index (χ1) is 15.5. The van der Waals surface area contributed by atoms with Crippen LogP contribution in [-0.4, -0.2) is 24.2 Å². The van der Waals surface area contributed by atoms with Crippen LogP contribution in [0.3, 0.4) is 0 Å². The van der Waals surface area contributed by atoms with E-state index in [2.05, 4.69) is 41.4 Å². The van der Waals surface area contributed by atoms with Crippen LogP contribution < -0.4 is 11.1 Å². The summed E-state index contributed by atoms with van der Waals surface area (Å²) in [6, 6.07) is 18.9. The molecule has 1 aliphatic rings. The molecular weight excluding hydrogens is 406 g/mol. The Morgan fingerprint density at radius 1 is 1.12 bits per heavy atom. The number of nitrogen functional groups attached to an aromatic ring is 1. The summed E-state index contributed by atoms with van der Waals surface area (Å²) in [5.74, 6) is 5.52. The van der Waals surface area contributed by atoms with Gasteiger partial charge in [-0.1, -0.05) is 60.4 Å². The summed E-state index contributed by atoms with van der Waals surface area (Å²) in [5.41, 5.74) is 11.8. The summed E-state index contributed by atoms with van der Waals surface area (Å²) in [6.07, 6.45) is -0.579. The first-order valence-electron chi connectivity index (χ1n) is 10.1. The second kappa shape index (κ2) is 8.82. The Kier molecular flexibility index (Phi) is 5.77. The fraction of sp³-hybridized carbons (Fsp3) is 0.160. The Bertz CT molecular complexity index is 1230. The van der Waals surface area contributed by atoms with Crippen LogP contribution in [0.15, 0.2) is 60.7 Å². The zero-order chi connectivity index (χ0) is 22.7. The lowest BCUT2D eigenvalue weighted by atomic mass is 9.98. The molecule has 0 saturated carbocycles. The summed E-state index contributed by atoms with van der Waals surface area (Å²) < 4.78 is 5.45. The van der Waals surface area contributed by atoms with Crippen LogP contribution in [0.2, 0.25) is 0 Å². The molecular formula is C25H21N3O4. The largest absolute Gasteiger partial charge is 0.449 e. The molecule has 160 valence electrons. The number of carbonyl (C=O) groups excluding carboxylic acids is 1. The lowest BCUT2D eigenvalue weighted by molar-refractivity contribution is -0.384. The summed E-state index contributed by atoms with van der Waals surface area (Å²) in [7, 11) is 0. The zero-order valence-electron chi connectivity index (χ0n) is 17.4. The molecule has 0 aliphatic heterocycles. The molecule has 7 heteroatoms. The number of nitrogens with two attached hydrogens (primary N) is 1. The predicted molar refractivity (Wildman–Crippen MR) is 122 cm³/mol. The van der Waals surface area contributed by atoms with Crippen LogP contribution in [0.1, 0.15) is 28.2 Å². The number of nitro benzene ring substituents is 1. The molecule has 0 aromatic heterocycles. The van der Waals surface area contributed by atoms with Crippen molar-refractivity contribution in [2.24, 2.45) is 0 Å². The first-order valence-corrected chi connectivity index (χ1v) is 10.1. The fourth-order valence-corrected chi connectivity index (χ4v) is 3.89. The quantitative estimate of drug-likeness (QED) is 0.278. The van der Waals surface area contributed by atoms with Crippen molar-refractivity contribution < 1.29 is 14.5 Å². The van der Waals surface area contributed by atoms with E-state index in [-0.39, 0.29) is 24.8 Å². The predicted octanol–water partition coefficient (Wildman–Crippen LogP) is 4.38. The molecule has 0 bridgehead atoms. The second-order valence-electron chi connectivity index (χ2n) is 7.46. The van der Waals surface area contributed by atoms with Crippen molar-refractivity contribution in [2.45, 2.75) is 12.8 Å². The number of nitrogens with zero attached hydrogens (tertiary/aromatic N) is 1. The lowest BCUT2D eigenvalue weighted by Crippen LogP contribution is -2.26. The highest BCUT2D eigenvalue weighted by Crippen LogP contribution is 2.44. The highest BCUT2D eigenvalue weighted by molar-refractivity contribution is 5.79. The summed E-state index contributed by atoms with van der Waals surface area (Å²) in [4.78, 5) is 22.7. The van der Waals surface area contributed by atoms with Gasteiger partial charge in [0.25, 0.3) is 5.69 Å². The fourth-order valence-electron chi connectivity index (χ4n) is 3.89. The van der Waals surface area contributed by atoms with E-state index in [1.54, 1.807) is 6.92 Å². The SMILES string of the molecule is Cc1cc([N+](=O)[O-])cc(C#CCNC(=O)OCC2c3ccccc3-c3ccccc32)c1N. The number of non-ortho nitro benzene ring substituents is 1. The molecule has 0 atom stereocenters. The van der Waals surface area contributed by atoms with Crippen molar-refractivity contribution in [3.8, 4) is 23.0 Å². The van der Waals surface area contributed by atoms with Gasteiger partial charge in [0.1, 0.15) is 6.61 Å². The van der Waals surface area contributed by atoms with Gasteiger partial charge in [-0.25, -0.2) is 4.79 Å². The topological polar surface area (TPSA) is 107 Å². The smallest absolute Gasteiger partial charge is 0.407 e. The van der Waals surface area contributed by atoms with E-state index in [4.69, 9.17) is 10.5 Å². The normalized spacial score (nSPS) is 11.7. The summed E-state index contributed by atoms with van der Waals surface area (Å²) in [5, 5.41) is 13.6. The van der Waals surface area contributed by atoms with Crippen LogP contribution in [0.5, 0.6) is 0 Å². The lowest BCUT2D eigenvalue weighted by Gasteiger charge is -2.14. The number of rotatable bonds is 4. The molecule has 7 nitrogen and oxygen atoms in total. The molecule has 0 heterocycles. The van der Waals surface area contributed by atoms with Gasteiger partial charge in [0.2, 0.25) is 0 Å². The molecule has 32 heavy (non-hydrogen) atoms. The number of aryl methyl sites for hydroxylation is 1. The molecule has 3 aromatic rings. The van der Waals surface area contributed by atoms with Gasteiger partial charge in [0.05, 0.1) is 22.7 Å². The van der Waals surface area contributed by atoms with Crippen molar-refractivity contribution in [1.29, 1.82) is 0 Å². The van der Waals surface area contributed by atoms with Gasteiger partial charge < -0.3 is 15.8 Å². The average molecular weight is 427 g/mol. The van der Waals surface area contributed by atoms with Crippen molar-refractivity contribution >= 4 is 17.5 Å². The molecule has 3 aromatic carbocycles. The van der Waals surface area contributed by atoms with Gasteiger partial charge in [0, 0.05) is 18.1 Å². The molecule has 1 aliphatic carbocycles. The van der Waals surface area contributed by atoms with Crippen molar-refractivity contribution in [1.82, 2.24) is 5.32 Å². The highest BCUT2D eigenvalue weighted by atomic mass is 16.6. The van der Waals surface area contributed by atoms with Crippen LogP contribution >= 0.6 is 0 Å². The third-order valence-corrected chi connectivity index (χ3v) is 5.47. The van der Waals surface area contributed by atoms with Crippen LogP contribution in [0.25, 0.3) is 11.1 Å². The monoisotopic (exact) mass is 427 g/mol. The van der Waals surface area contributed by atoms with Gasteiger partial charge in [-0.2, -0.15) is 0 Å². The third-order valence-electron chi connectivity index (χ3n) is 5.47. The maximum atomic E-state index is 12.2. The van der Waals surface area contributed by atoms with E-state index in [9.17, 15) is 14.9 Å². The zero-order valence-corrected chi connectivity index (χ0v) is 17.4. The number of amides is 1. The molecule has 0 fully saturated rings. The van der Waals surface area contributed by atoms with Crippen molar-refractivity contribution in [2.75, 3.05) is 18.9 Å². The number of ether oxygens (including phenoxy) is 1. The van der Waals surface area contributed by atoms with Crippen molar-refractivity contribution in [3.05, 3.63) is 93.0 Å². The molecule has 4 rings (SSSR count). The Morgan fingerprint density at radius 2 is 1.75 bits per heavy atom. The van der Waals surface area contributed by atoms with E-state index in [1.165, 1.54) is 12.1 Å². The Balaban J connectivity index is 1.37. The number of fused-ring (bicyclic) bond motifs is 3. The van der Waals surface area contributed by atoms with Gasteiger partial charge in [-0.05, 0) is 34.7 Å². The Morgan fingerprint density at radius 3 is 2.38 bits per heavy atom. The standard InChI is InChI=1S/C25H21N3O4/c1-16-13-18(28(30)31)14-17(24(16)26)7-6-12-27-25(29)32-15-23-21-10-4-2-8-19(21)20-9-3-5-11-22(20)23/h2-5,8-11,13-14,23H,12,15,26H2,1H3,(H,27,29). The first kappa shape index (κ1) is 20.9.